The second kappa shape index (κ2) is 4.42. The fourth-order valence-electron chi connectivity index (χ4n) is 1.93. The molecule has 0 aromatic heterocycles. The van der Waals surface area contributed by atoms with Gasteiger partial charge in [0, 0.05) is 18.4 Å². The molecule has 86 valence electrons. The average molecular weight is 221 g/mol. The van der Waals surface area contributed by atoms with E-state index in [9.17, 15) is 15.0 Å². The maximum Gasteiger partial charge on any atom is 0.253 e. The molecule has 1 aliphatic carbocycles. The van der Waals surface area contributed by atoms with Crippen molar-refractivity contribution in [3.63, 3.8) is 0 Å². The van der Waals surface area contributed by atoms with Gasteiger partial charge in [0.25, 0.3) is 6.16 Å². The molecule has 1 aliphatic rings. The first kappa shape index (κ1) is 12.3. The Morgan fingerprint density at radius 1 is 1.88 bits per heavy atom. The van der Waals surface area contributed by atoms with Crippen LogP contribution < -0.4 is 5.11 Å². The summed E-state index contributed by atoms with van der Waals surface area (Å²) in [7, 11) is 0. The lowest BCUT2D eigenvalue weighted by molar-refractivity contribution is -0.291. The Kier molecular flexibility index (Phi) is 3.41. The molecule has 0 aliphatic heterocycles. The van der Waals surface area contributed by atoms with E-state index in [0.717, 1.165) is 0 Å². The van der Waals surface area contributed by atoms with Gasteiger partial charge >= 0.3 is 0 Å². The largest absolute Gasteiger partial charge is 0.534 e. The highest BCUT2D eigenvalue weighted by molar-refractivity contribution is 5.57. The summed E-state index contributed by atoms with van der Waals surface area (Å²) in [4.78, 5) is 10.5. The van der Waals surface area contributed by atoms with Gasteiger partial charge in [-0.1, -0.05) is 12.0 Å². The standard InChI is InChI=1S/C12H14O4/c1-4-9-6-10(13)7-12(5-2,8(9)3)16-11(14)15/h1,5,10,13H,2,6-7H2,3H3,(H,14,15)/p-1/t10-,12-/m1/s1. The monoisotopic (exact) mass is 221 g/mol. The molecule has 1 N–H and O–H groups in total. The van der Waals surface area contributed by atoms with Gasteiger partial charge in [-0.2, -0.15) is 0 Å². The van der Waals surface area contributed by atoms with Crippen LogP contribution in [0.4, 0.5) is 4.79 Å². The smallest absolute Gasteiger partial charge is 0.253 e. The van der Waals surface area contributed by atoms with Gasteiger partial charge in [0.15, 0.2) is 0 Å². The second-order valence-electron chi connectivity index (χ2n) is 3.76. The van der Waals surface area contributed by atoms with Crippen LogP contribution in [0.1, 0.15) is 19.8 Å². The van der Waals surface area contributed by atoms with Gasteiger partial charge in [-0.3, -0.25) is 0 Å². The molecule has 2 atom stereocenters. The van der Waals surface area contributed by atoms with Crippen LogP contribution in [0, 0.1) is 12.3 Å². The molecule has 0 heterocycles. The van der Waals surface area contributed by atoms with E-state index in [-0.39, 0.29) is 6.42 Å². The van der Waals surface area contributed by atoms with Gasteiger partial charge in [0.1, 0.15) is 0 Å². The summed E-state index contributed by atoms with van der Waals surface area (Å²) in [6.07, 6.45) is 4.66. The lowest BCUT2D eigenvalue weighted by Gasteiger charge is -2.41. The van der Waals surface area contributed by atoms with Gasteiger partial charge in [-0.05, 0) is 12.5 Å². The maximum absolute atomic E-state index is 10.5. The van der Waals surface area contributed by atoms with Crippen LogP contribution in [0.2, 0.25) is 0 Å². The highest BCUT2D eigenvalue weighted by atomic mass is 16.7. The van der Waals surface area contributed by atoms with Crippen molar-refractivity contribution in [2.75, 3.05) is 0 Å². The number of carboxylic acid groups (broad SMARTS) is 1. The van der Waals surface area contributed by atoms with Crippen molar-refractivity contribution in [3.05, 3.63) is 23.8 Å². The molecule has 0 fully saturated rings. The number of aliphatic hydroxyl groups excluding tert-OH is 1. The summed E-state index contributed by atoms with van der Waals surface area (Å²) < 4.78 is 4.72. The Labute approximate surface area is 94.2 Å². The van der Waals surface area contributed by atoms with E-state index in [0.29, 0.717) is 17.6 Å². The van der Waals surface area contributed by atoms with Gasteiger partial charge in [-0.25, -0.2) is 0 Å². The zero-order valence-electron chi connectivity index (χ0n) is 9.03. The lowest BCUT2D eigenvalue weighted by atomic mass is 9.78. The molecular weight excluding hydrogens is 208 g/mol. The molecule has 0 spiro atoms. The summed E-state index contributed by atoms with van der Waals surface area (Å²) in [5, 5.41) is 20.2. The molecule has 0 saturated carbocycles. The molecule has 0 saturated heterocycles. The number of carbonyl (C=O) groups excluding carboxylic acids is 1. The number of carbonyl (C=O) groups is 1. The number of rotatable bonds is 2. The predicted octanol–water partition coefficient (Wildman–Crippen LogP) is 0.376. The first-order chi connectivity index (χ1) is 7.45. The summed E-state index contributed by atoms with van der Waals surface area (Å²) >= 11 is 0. The molecule has 0 amide bonds. The average Bonchev–Trinajstić information content (AvgIpc) is 2.22. The third-order valence-electron chi connectivity index (χ3n) is 2.84. The van der Waals surface area contributed by atoms with E-state index >= 15 is 0 Å². The molecule has 1 rings (SSSR count). The molecule has 16 heavy (non-hydrogen) atoms. The number of ether oxygens (including phenoxy) is 1. The van der Waals surface area contributed by atoms with E-state index in [2.05, 4.69) is 12.5 Å². The fourth-order valence-corrected chi connectivity index (χ4v) is 1.93. The van der Waals surface area contributed by atoms with Crippen molar-refractivity contribution in [1.29, 1.82) is 0 Å². The molecule has 4 heteroatoms. The topological polar surface area (TPSA) is 69.6 Å². The highest BCUT2D eigenvalue weighted by Crippen LogP contribution is 2.37. The summed E-state index contributed by atoms with van der Waals surface area (Å²) in [6, 6.07) is 0. The van der Waals surface area contributed by atoms with Crippen molar-refractivity contribution in [1.82, 2.24) is 0 Å². The van der Waals surface area contributed by atoms with Gasteiger partial charge in [0.05, 0.1) is 11.7 Å². The van der Waals surface area contributed by atoms with Gasteiger partial charge in [-0.15, -0.1) is 13.0 Å². The van der Waals surface area contributed by atoms with Crippen LogP contribution in [0.15, 0.2) is 23.8 Å². The molecule has 0 unspecified atom stereocenters. The second-order valence-corrected chi connectivity index (χ2v) is 3.76. The third-order valence-corrected chi connectivity index (χ3v) is 2.84. The van der Waals surface area contributed by atoms with Gasteiger partial charge < -0.3 is 19.7 Å². The van der Waals surface area contributed by atoms with Gasteiger partial charge in [0.2, 0.25) is 0 Å². The fraction of sp³-hybridized carbons (Fsp3) is 0.417. The van der Waals surface area contributed by atoms with Crippen molar-refractivity contribution in [3.8, 4) is 12.3 Å². The van der Waals surface area contributed by atoms with Crippen LogP contribution >= 0.6 is 0 Å². The van der Waals surface area contributed by atoms with Crippen LogP contribution in [-0.4, -0.2) is 23.0 Å². The van der Waals surface area contributed by atoms with Crippen LogP contribution in [0.3, 0.4) is 0 Å². The number of hydrogen-bond donors (Lipinski definition) is 1. The minimum absolute atomic E-state index is 0.113. The van der Waals surface area contributed by atoms with E-state index in [1.165, 1.54) is 6.08 Å². The first-order valence-electron chi connectivity index (χ1n) is 4.83. The molecule has 0 aromatic rings. The summed E-state index contributed by atoms with van der Waals surface area (Å²) in [5.74, 6) is 2.42. The van der Waals surface area contributed by atoms with Crippen molar-refractivity contribution in [2.24, 2.45) is 0 Å². The zero-order chi connectivity index (χ0) is 12.3. The molecule has 0 aromatic carbocycles. The van der Waals surface area contributed by atoms with Crippen molar-refractivity contribution < 1.29 is 19.7 Å². The number of aliphatic hydroxyl groups is 1. The van der Waals surface area contributed by atoms with E-state index in [4.69, 9.17) is 11.2 Å². The zero-order valence-corrected chi connectivity index (χ0v) is 9.03. The van der Waals surface area contributed by atoms with E-state index in [1.807, 2.05) is 0 Å². The Morgan fingerprint density at radius 3 is 2.94 bits per heavy atom. The molecule has 4 nitrogen and oxygen atoms in total. The van der Waals surface area contributed by atoms with E-state index in [1.54, 1.807) is 6.92 Å². The number of terminal acetylenes is 1. The Morgan fingerprint density at radius 2 is 2.50 bits per heavy atom. The quantitative estimate of drug-likeness (QED) is 0.415. The first-order valence-corrected chi connectivity index (χ1v) is 4.83. The Hall–Kier alpha value is -1.73. The van der Waals surface area contributed by atoms with Crippen molar-refractivity contribution >= 4 is 6.16 Å². The predicted molar refractivity (Wildman–Crippen MR) is 56.2 cm³/mol. The highest BCUT2D eigenvalue weighted by Gasteiger charge is 2.36. The van der Waals surface area contributed by atoms with E-state index < -0.39 is 17.9 Å². The van der Waals surface area contributed by atoms with Crippen LogP contribution in [0.25, 0.3) is 0 Å². The Bertz CT molecular complexity index is 388. The number of hydrogen-bond acceptors (Lipinski definition) is 4. The summed E-state index contributed by atoms with van der Waals surface area (Å²) in [5.41, 5.74) is -0.141. The van der Waals surface area contributed by atoms with Crippen LogP contribution in [-0.2, 0) is 4.74 Å². The Balaban J connectivity index is 3.22. The molecule has 0 radical (unpaired) electrons. The lowest BCUT2D eigenvalue weighted by Crippen LogP contribution is -2.44. The summed E-state index contributed by atoms with van der Waals surface area (Å²) in [6.45, 7) is 5.21. The molecule has 0 bridgehead atoms. The third kappa shape index (κ3) is 2.10. The van der Waals surface area contributed by atoms with Crippen molar-refractivity contribution in [2.45, 2.75) is 31.5 Å². The minimum Gasteiger partial charge on any atom is -0.534 e. The minimum atomic E-state index is -1.66. The maximum atomic E-state index is 10.5. The molecular formula is C12H13O4-. The normalized spacial score (nSPS) is 29.4. The van der Waals surface area contributed by atoms with Crippen LogP contribution in [0.5, 0.6) is 0 Å². The SMILES string of the molecule is C#CC1=C(C)[C@](C=C)(OC(=O)[O-])C[C@H](O)C1.